The summed E-state index contributed by atoms with van der Waals surface area (Å²) >= 11 is 0. The maximum absolute atomic E-state index is 12.4. The van der Waals surface area contributed by atoms with Gasteiger partial charge in [0, 0.05) is 18.1 Å². The Morgan fingerprint density at radius 2 is 2.00 bits per heavy atom. The summed E-state index contributed by atoms with van der Waals surface area (Å²) in [5.41, 5.74) is 2.90. The Bertz CT molecular complexity index is 1120. The van der Waals surface area contributed by atoms with Gasteiger partial charge in [-0.1, -0.05) is 12.1 Å². The van der Waals surface area contributed by atoms with Crippen molar-refractivity contribution in [2.24, 2.45) is 7.05 Å². The van der Waals surface area contributed by atoms with E-state index >= 15 is 0 Å². The molecule has 0 radical (unpaired) electrons. The summed E-state index contributed by atoms with van der Waals surface area (Å²) in [6.07, 6.45) is 1.69. The number of aryl methyl sites for hydroxylation is 1. The van der Waals surface area contributed by atoms with Crippen molar-refractivity contribution in [2.75, 3.05) is 5.32 Å². The third-order valence-electron chi connectivity index (χ3n) is 4.08. The van der Waals surface area contributed by atoms with Crippen LogP contribution >= 0.6 is 0 Å². The SMILES string of the molecule is Cn1c(=O)n(CC(=O)Nc2ccc3[nH]ncc3c2)c2ccccc21. The number of H-pyrrole nitrogens is 1. The number of para-hydroxylation sites is 2. The van der Waals surface area contributed by atoms with Crippen LogP contribution in [0.25, 0.3) is 21.9 Å². The number of carbonyl (C=O) groups excluding carboxylic acids is 1. The molecular formula is C17H15N5O2. The maximum Gasteiger partial charge on any atom is 0.329 e. The summed E-state index contributed by atoms with van der Waals surface area (Å²) in [5.74, 6) is -0.253. The molecule has 0 aliphatic carbocycles. The van der Waals surface area contributed by atoms with Gasteiger partial charge in [0.15, 0.2) is 0 Å². The average molecular weight is 321 g/mol. The number of anilines is 1. The van der Waals surface area contributed by atoms with E-state index in [1.165, 1.54) is 4.57 Å². The van der Waals surface area contributed by atoms with Gasteiger partial charge in [0.2, 0.25) is 5.91 Å². The van der Waals surface area contributed by atoms with Gasteiger partial charge in [0.05, 0.1) is 22.7 Å². The molecule has 0 saturated carbocycles. The van der Waals surface area contributed by atoms with Gasteiger partial charge in [-0.05, 0) is 30.3 Å². The second-order valence-corrected chi connectivity index (χ2v) is 5.64. The highest BCUT2D eigenvalue weighted by Gasteiger charge is 2.13. The summed E-state index contributed by atoms with van der Waals surface area (Å²) in [6, 6.07) is 12.9. The van der Waals surface area contributed by atoms with Gasteiger partial charge >= 0.3 is 5.69 Å². The number of rotatable bonds is 3. The predicted octanol–water partition coefficient (Wildman–Crippen LogP) is 1.85. The molecule has 2 aromatic carbocycles. The van der Waals surface area contributed by atoms with Gasteiger partial charge in [-0.2, -0.15) is 5.10 Å². The van der Waals surface area contributed by atoms with Crippen LogP contribution in [0.4, 0.5) is 5.69 Å². The highest BCUT2D eigenvalue weighted by atomic mass is 16.2. The minimum Gasteiger partial charge on any atom is -0.325 e. The van der Waals surface area contributed by atoms with E-state index < -0.39 is 0 Å². The van der Waals surface area contributed by atoms with Crippen LogP contribution in [0.5, 0.6) is 0 Å². The monoisotopic (exact) mass is 321 g/mol. The lowest BCUT2D eigenvalue weighted by Gasteiger charge is -2.06. The van der Waals surface area contributed by atoms with Gasteiger partial charge in [-0.15, -0.1) is 0 Å². The van der Waals surface area contributed by atoms with E-state index in [1.54, 1.807) is 23.9 Å². The molecule has 7 nitrogen and oxygen atoms in total. The van der Waals surface area contributed by atoms with E-state index in [1.807, 2.05) is 36.4 Å². The zero-order chi connectivity index (χ0) is 16.7. The van der Waals surface area contributed by atoms with E-state index in [4.69, 9.17) is 0 Å². The number of amides is 1. The van der Waals surface area contributed by atoms with E-state index in [0.717, 1.165) is 21.9 Å². The number of nitrogens with one attached hydrogen (secondary N) is 2. The Morgan fingerprint density at radius 1 is 1.21 bits per heavy atom. The normalized spacial score (nSPS) is 11.2. The van der Waals surface area contributed by atoms with E-state index in [-0.39, 0.29) is 18.1 Å². The number of carbonyl (C=O) groups is 1. The molecule has 4 rings (SSSR count). The van der Waals surface area contributed by atoms with E-state index in [9.17, 15) is 9.59 Å². The molecule has 0 fully saturated rings. The number of nitrogens with zero attached hydrogens (tertiary/aromatic N) is 3. The maximum atomic E-state index is 12.4. The Morgan fingerprint density at radius 3 is 2.83 bits per heavy atom. The van der Waals surface area contributed by atoms with Crippen LogP contribution in [-0.4, -0.2) is 25.2 Å². The summed E-state index contributed by atoms with van der Waals surface area (Å²) in [6.45, 7) is -0.0381. The number of imidazole rings is 1. The Balaban J connectivity index is 1.62. The third-order valence-corrected chi connectivity index (χ3v) is 4.08. The number of hydrogen-bond donors (Lipinski definition) is 2. The predicted molar refractivity (Wildman–Crippen MR) is 91.9 cm³/mol. The fraction of sp³-hybridized carbons (Fsp3) is 0.118. The van der Waals surface area contributed by atoms with Gasteiger partial charge in [-0.25, -0.2) is 4.79 Å². The van der Waals surface area contributed by atoms with Crippen LogP contribution in [0.1, 0.15) is 0 Å². The Labute approximate surface area is 136 Å². The first kappa shape index (κ1) is 14.3. The zero-order valence-corrected chi connectivity index (χ0v) is 13.0. The minimum atomic E-state index is -0.253. The zero-order valence-electron chi connectivity index (χ0n) is 13.0. The molecule has 2 heterocycles. The van der Waals surface area contributed by atoms with Crippen molar-refractivity contribution >= 4 is 33.5 Å². The number of hydrogen-bond acceptors (Lipinski definition) is 3. The Hall–Kier alpha value is -3.35. The van der Waals surface area contributed by atoms with Crippen LogP contribution < -0.4 is 11.0 Å². The van der Waals surface area contributed by atoms with E-state index in [0.29, 0.717) is 5.69 Å². The smallest absolute Gasteiger partial charge is 0.325 e. The summed E-state index contributed by atoms with van der Waals surface area (Å²) in [5, 5.41) is 10.5. The van der Waals surface area contributed by atoms with Crippen molar-refractivity contribution in [3.63, 3.8) is 0 Å². The van der Waals surface area contributed by atoms with Crippen molar-refractivity contribution < 1.29 is 4.79 Å². The number of aromatic nitrogens is 4. The molecular weight excluding hydrogens is 306 g/mol. The summed E-state index contributed by atoms with van der Waals surface area (Å²) in [4.78, 5) is 24.7. The first-order valence-electron chi connectivity index (χ1n) is 7.51. The van der Waals surface area contributed by atoms with Crippen LogP contribution in [0.15, 0.2) is 53.5 Å². The number of benzene rings is 2. The largest absolute Gasteiger partial charge is 0.329 e. The topological polar surface area (TPSA) is 84.7 Å². The molecule has 24 heavy (non-hydrogen) atoms. The molecule has 0 spiro atoms. The van der Waals surface area contributed by atoms with Crippen LogP contribution in [0.3, 0.4) is 0 Å². The quantitative estimate of drug-likeness (QED) is 0.604. The van der Waals surface area contributed by atoms with Crippen molar-refractivity contribution in [3.8, 4) is 0 Å². The van der Waals surface area contributed by atoms with Crippen molar-refractivity contribution in [2.45, 2.75) is 6.54 Å². The fourth-order valence-corrected chi connectivity index (χ4v) is 2.88. The highest BCUT2D eigenvalue weighted by molar-refractivity contribution is 5.94. The highest BCUT2D eigenvalue weighted by Crippen LogP contribution is 2.17. The number of aromatic amines is 1. The van der Waals surface area contributed by atoms with Crippen molar-refractivity contribution in [3.05, 3.63) is 59.1 Å². The minimum absolute atomic E-state index is 0.0381. The van der Waals surface area contributed by atoms with Gasteiger partial charge in [0.25, 0.3) is 0 Å². The summed E-state index contributed by atoms with van der Waals surface area (Å²) < 4.78 is 3.02. The average Bonchev–Trinajstić information content (AvgIpc) is 3.14. The molecule has 2 N–H and O–H groups in total. The lowest BCUT2D eigenvalue weighted by Crippen LogP contribution is -2.28. The standard InChI is InChI=1S/C17H15N5O2/c1-21-14-4-2-3-5-15(14)22(17(21)24)10-16(23)19-12-6-7-13-11(8-12)9-18-20-13/h2-9H,10H2,1H3,(H,18,20)(H,19,23). The number of fused-ring (bicyclic) bond motifs is 2. The summed E-state index contributed by atoms with van der Waals surface area (Å²) in [7, 11) is 1.70. The molecule has 1 amide bonds. The van der Waals surface area contributed by atoms with Gasteiger partial charge < -0.3 is 5.32 Å². The van der Waals surface area contributed by atoms with Gasteiger partial charge in [-0.3, -0.25) is 19.0 Å². The second kappa shape index (κ2) is 5.38. The van der Waals surface area contributed by atoms with Crippen LogP contribution in [-0.2, 0) is 18.4 Å². The molecule has 7 heteroatoms. The Kier molecular flexibility index (Phi) is 3.19. The third kappa shape index (κ3) is 2.26. The molecule has 0 saturated heterocycles. The molecule has 0 bridgehead atoms. The van der Waals surface area contributed by atoms with Crippen LogP contribution in [0, 0.1) is 0 Å². The van der Waals surface area contributed by atoms with Gasteiger partial charge in [0.1, 0.15) is 6.54 Å². The van der Waals surface area contributed by atoms with Crippen LogP contribution in [0.2, 0.25) is 0 Å². The lowest BCUT2D eigenvalue weighted by molar-refractivity contribution is -0.116. The fourth-order valence-electron chi connectivity index (χ4n) is 2.88. The first-order chi connectivity index (χ1) is 11.6. The molecule has 0 unspecified atom stereocenters. The molecule has 0 atom stereocenters. The first-order valence-corrected chi connectivity index (χ1v) is 7.51. The molecule has 0 aliphatic heterocycles. The molecule has 0 aliphatic rings. The molecule has 4 aromatic rings. The molecule has 120 valence electrons. The second-order valence-electron chi connectivity index (χ2n) is 5.64. The van der Waals surface area contributed by atoms with Crippen molar-refractivity contribution in [1.82, 2.24) is 19.3 Å². The lowest BCUT2D eigenvalue weighted by atomic mass is 10.2. The van der Waals surface area contributed by atoms with E-state index in [2.05, 4.69) is 15.5 Å². The molecule has 2 aromatic heterocycles. The van der Waals surface area contributed by atoms with Crippen molar-refractivity contribution in [1.29, 1.82) is 0 Å².